The Morgan fingerprint density at radius 1 is 1.35 bits per heavy atom. The minimum Gasteiger partial charge on any atom is -0.504 e. The van der Waals surface area contributed by atoms with E-state index in [1.807, 2.05) is 12.1 Å². The summed E-state index contributed by atoms with van der Waals surface area (Å²) in [4.78, 5) is 2.46. The monoisotopic (exact) mass is 235 g/mol. The van der Waals surface area contributed by atoms with Gasteiger partial charge >= 0.3 is 0 Å². The Morgan fingerprint density at radius 3 is 2.88 bits per heavy atom. The molecule has 2 rings (SSSR count). The fourth-order valence-electron chi connectivity index (χ4n) is 2.37. The maximum absolute atomic E-state index is 9.79. The number of benzene rings is 1. The van der Waals surface area contributed by atoms with Crippen LogP contribution in [0.2, 0.25) is 0 Å². The highest BCUT2D eigenvalue weighted by Gasteiger charge is 2.18. The van der Waals surface area contributed by atoms with Gasteiger partial charge < -0.3 is 9.84 Å². The van der Waals surface area contributed by atoms with Crippen molar-refractivity contribution < 1.29 is 9.84 Å². The number of phenols is 1. The van der Waals surface area contributed by atoms with Crippen molar-refractivity contribution >= 4 is 0 Å². The van der Waals surface area contributed by atoms with Crippen LogP contribution >= 0.6 is 0 Å². The Balaban J connectivity index is 2.12. The number of nitrogens with zero attached hydrogens (tertiary/aromatic N) is 1. The minimum atomic E-state index is 0.253. The largest absolute Gasteiger partial charge is 0.504 e. The van der Waals surface area contributed by atoms with E-state index in [-0.39, 0.29) is 5.75 Å². The van der Waals surface area contributed by atoms with Gasteiger partial charge in [-0.25, -0.2) is 0 Å². The number of aromatic hydroxyl groups is 1. The molecular formula is C14H21NO2. The average Bonchev–Trinajstić information content (AvgIpc) is 2.35. The smallest absolute Gasteiger partial charge is 0.160 e. The molecule has 0 radical (unpaired) electrons. The van der Waals surface area contributed by atoms with E-state index in [0.717, 1.165) is 26.1 Å². The molecule has 1 aliphatic heterocycles. The molecule has 1 aromatic carbocycles. The molecule has 0 bridgehead atoms. The van der Waals surface area contributed by atoms with E-state index >= 15 is 0 Å². The summed E-state index contributed by atoms with van der Waals surface area (Å²) < 4.78 is 5.14. The van der Waals surface area contributed by atoms with Crippen LogP contribution in [-0.4, -0.2) is 30.2 Å². The lowest BCUT2D eigenvalue weighted by molar-refractivity contribution is 0.249. The molecule has 1 N–H and O–H groups in total. The van der Waals surface area contributed by atoms with Gasteiger partial charge in [-0.05, 0) is 42.6 Å². The number of methoxy groups -OCH3 is 1. The summed E-state index contributed by atoms with van der Waals surface area (Å²) in [5.41, 5.74) is 2.55. The molecular weight excluding hydrogens is 214 g/mol. The molecule has 1 aromatic rings. The minimum absolute atomic E-state index is 0.253. The molecule has 1 aliphatic rings. The predicted octanol–water partition coefficient (Wildman–Crippen LogP) is 2.56. The van der Waals surface area contributed by atoms with Crippen molar-refractivity contribution in [2.24, 2.45) is 0 Å². The molecule has 94 valence electrons. The molecule has 3 nitrogen and oxygen atoms in total. The number of fused-ring (bicyclic) bond motifs is 1. The first-order valence-corrected chi connectivity index (χ1v) is 6.35. The Hall–Kier alpha value is -1.22. The molecule has 0 atom stereocenters. The average molecular weight is 235 g/mol. The predicted molar refractivity (Wildman–Crippen MR) is 68.5 cm³/mol. The molecule has 0 aliphatic carbocycles. The highest BCUT2D eigenvalue weighted by atomic mass is 16.5. The summed E-state index contributed by atoms with van der Waals surface area (Å²) in [5.74, 6) is 0.842. The van der Waals surface area contributed by atoms with Crippen molar-refractivity contribution in [3.63, 3.8) is 0 Å². The van der Waals surface area contributed by atoms with E-state index in [9.17, 15) is 5.11 Å². The standard InChI is InChI=1S/C14H21NO2/c1-3-4-6-15-7-5-11-9-14(17-2)13(16)8-12(11)10-15/h8-9,16H,3-7,10H2,1-2H3. The molecule has 0 saturated heterocycles. The van der Waals surface area contributed by atoms with E-state index in [1.165, 1.54) is 24.0 Å². The molecule has 0 amide bonds. The Kier molecular flexibility index (Phi) is 3.89. The van der Waals surface area contributed by atoms with E-state index < -0.39 is 0 Å². The summed E-state index contributed by atoms with van der Waals surface area (Å²) >= 11 is 0. The number of ether oxygens (including phenoxy) is 1. The van der Waals surface area contributed by atoms with Crippen molar-refractivity contribution in [3.05, 3.63) is 23.3 Å². The molecule has 3 heteroatoms. The topological polar surface area (TPSA) is 32.7 Å². The quantitative estimate of drug-likeness (QED) is 0.870. The molecule has 0 fully saturated rings. The van der Waals surface area contributed by atoms with Crippen molar-refractivity contribution in [3.8, 4) is 11.5 Å². The van der Waals surface area contributed by atoms with Crippen LogP contribution in [-0.2, 0) is 13.0 Å². The van der Waals surface area contributed by atoms with Gasteiger partial charge in [0.2, 0.25) is 0 Å². The lowest BCUT2D eigenvalue weighted by atomic mass is 9.98. The molecule has 1 heterocycles. The Morgan fingerprint density at radius 2 is 2.18 bits per heavy atom. The third-order valence-electron chi connectivity index (χ3n) is 3.42. The fourth-order valence-corrected chi connectivity index (χ4v) is 2.37. The van der Waals surface area contributed by atoms with Crippen molar-refractivity contribution in [2.75, 3.05) is 20.2 Å². The van der Waals surface area contributed by atoms with Crippen LogP contribution in [0, 0.1) is 0 Å². The summed E-state index contributed by atoms with van der Waals surface area (Å²) in [7, 11) is 1.60. The molecule has 0 saturated carbocycles. The highest BCUT2D eigenvalue weighted by Crippen LogP contribution is 2.32. The van der Waals surface area contributed by atoms with Gasteiger partial charge in [-0.15, -0.1) is 0 Å². The van der Waals surface area contributed by atoms with E-state index in [2.05, 4.69) is 11.8 Å². The summed E-state index contributed by atoms with van der Waals surface area (Å²) in [6.45, 7) is 5.44. The van der Waals surface area contributed by atoms with E-state index in [1.54, 1.807) is 7.11 Å². The Labute approximate surface area is 103 Å². The normalized spacial score (nSPS) is 15.6. The fraction of sp³-hybridized carbons (Fsp3) is 0.571. The van der Waals surface area contributed by atoms with Gasteiger partial charge in [-0.1, -0.05) is 13.3 Å². The van der Waals surface area contributed by atoms with Crippen LogP contribution < -0.4 is 4.74 Å². The number of phenolic OH excluding ortho intramolecular Hbond substituents is 1. The third-order valence-corrected chi connectivity index (χ3v) is 3.42. The van der Waals surface area contributed by atoms with Crippen LogP contribution in [0.25, 0.3) is 0 Å². The maximum Gasteiger partial charge on any atom is 0.160 e. The van der Waals surface area contributed by atoms with Gasteiger partial charge in [0.25, 0.3) is 0 Å². The number of hydrogen-bond donors (Lipinski definition) is 1. The first-order chi connectivity index (χ1) is 8.24. The Bertz CT molecular complexity index is 390. The van der Waals surface area contributed by atoms with Crippen LogP contribution in [0.1, 0.15) is 30.9 Å². The number of unbranched alkanes of at least 4 members (excludes halogenated alkanes) is 1. The van der Waals surface area contributed by atoms with Gasteiger partial charge in [-0.3, -0.25) is 4.90 Å². The van der Waals surface area contributed by atoms with E-state index in [0.29, 0.717) is 5.75 Å². The van der Waals surface area contributed by atoms with Crippen LogP contribution in [0.4, 0.5) is 0 Å². The zero-order valence-electron chi connectivity index (χ0n) is 10.7. The summed E-state index contributed by atoms with van der Waals surface area (Å²) in [6.07, 6.45) is 3.53. The number of rotatable bonds is 4. The summed E-state index contributed by atoms with van der Waals surface area (Å²) in [6, 6.07) is 3.83. The van der Waals surface area contributed by atoms with Crippen molar-refractivity contribution in [1.29, 1.82) is 0 Å². The van der Waals surface area contributed by atoms with Gasteiger partial charge in [0, 0.05) is 13.1 Å². The second-order valence-electron chi connectivity index (χ2n) is 4.67. The van der Waals surface area contributed by atoms with Crippen LogP contribution in [0.15, 0.2) is 12.1 Å². The van der Waals surface area contributed by atoms with Gasteiger partial charge in [0.1, 0.15) is 0 Å². The second-order valence-corrected chi connectivity index (χ2v) is 4.67. The zero-order chi connectivity index (χ0) is 12.3. The van der Waals surface area contributed by atoms with E-state index in [4.69, 9.17) is 4.74 Å². The lowest BCUT2D eigenvalue weighted by Crippen LogP contribution is -2.31. The third kappa shape index (κ3) is 2.72. The first-order valence-electron chi connectivity index (χ1n) is 6.35. The van der Waals surface area contributed by atoms with Crippen LogP contribution in [0.3, 0.4) is 0 Å². The zero-order valence-corrected chi connectivity index (χ0v) is 10.7. The van der Waals surface area contributed by atoms with Gasteiger partial charge in [0.15, 0.2) is 11.5 Å². The number of hydrogen-bond acceptors (Lipinski definition) is 3. The van der Waals surface area contributed by atoms with Crippen molar-refractivity contribution in [1.82, 2.24) is 4.90 Å². The molecule has 0 aromatic heterocycles. The van der Waals surface area contributed by atoms with Gasteiger partial charge in [-0.2, -0.15) is 0 Å². The molecule has 17 heavy (non-hydrogen) atoms. The summed E-state index contributed by atoms with van der Waals surface area (Å²) in [5, 5.41) is 9.79. The van der Waals surface area contributed by atoms with Gasteiger partial charge in [0.05, 0.1) is 7.11 Å². The molecule has 0 unspecified atom stereocenters. The maximum atomic E-state index is 9.79. The lowest BCUT2D eigenvalue weighted by Gasteiger charge is -2.29. The van der Waals surface area contributed by atoms with Crippen LogP contribution in [0.5, 0.6) is 11.5 Å². The first kappa shape index (κ1) is 12.2. The molecule has 0 spiro atoms. The highest BCUT2D eigenvalue weighted by molar-refractivity contribution is 5.47. The van der Waals surface area contributed by atoms with Crippen molar-refractivity contribution in [2.45, 2.75) is 32.7 Å². The second kappa shape index (κ2) is 5.41. The SMILES string of the molecule is CCCCN1CCc2cc(OC)c(O)cc2C1.